The fourth-order valence-corrected chi connectivity index (χ4v) is 5.07. The third-order valence-corrected chi connectivity index (χ3v) is 7.21. The molecule has 1 saturated heterocycles. The normalized spacial score (nSPS) is 20.7. The molecule has 1 fully saturated rings. The molecule has 0 bridgehead atoms. The van der Waals surface area contributed by atoms with Gasteiger partial charge >= 0.3 is 0 Å². The molecule has 0 saturated carbocycles. The monoisotopic (exact) mass is 492 g/mol. The largest absolute Gasteiger partial charge is 0.364 e. The molecule has 5 heterocycles. The van der Waals surface area contributed by atoms with Crippen molar-refractivity contribution in [2.45, 2.75) is 64.1 Å². The number of carbonyl (C=O) groups excluding carboxylic acids is 2. The van der Waals surface area contributed by atoms with E-state index in [-0.39, 0.29) is 34.9 Å². The highest BCUT2D eigenvalue weighted by molar-refractivity contribution is 5.96. The third kappa shape index (κ3) is 4.38. The number of hydrogen-bond acceptors (Lipinski definition) is 8. The predicted octanol–water partition coefficient (Wildman–Crippen LogP) is 1.72. The van der Waals surface area contributed by atoms with E-state index < -0.39 is 5.91 Å². The molecule has 12 nitrogen and oxygen atoms in total. The Labute approximate surface area is 209 Å². The molecule has 0 aliphatic carbocycles. The van der Waals surface area contributed by atoms with Gasteiger partial charge in [0, 0.05) is 49.5 Å². The number of rotatable bonds is 6. The molecule has 3 aromatic rings. The average Bonchev–Trinajstić information content (AvgIpc) is 3.52. The molecule has 4 N–H and O–H groups in total. The van der Waals surface area contributed by atoms with E-state index in [1.165, 1.54) is 0 Å². The molecule has 12 heteroatoms. The van der Waals surface area contributed by atoms with Crippen LogP contribution in [0.5, 0.6) is 0 Å². The van der Waals surface area contributed by atoms with E-state index in [1.54, 1.807) is 30.3 Å². The Morgan fingerprint density at radius 3 is 2.72 bits per heavy atom. The number of aromatic nitrogens is 6. The number of nitrogens with zero attached hydrogens (tertiary/aromatic N) is 7. The molecule has 2 aliphatic heterocycles. The summed E-state index contributed by atoms with van der Waals surface area (Å²) in [6, 6.07) is 1.77. The van der Waals surface area contributed by atoms with Crippen LogP contribution in [0, 0.1) is 0 Å². The summed E-state index contributed by atoms with van der Waals surface area (Å²) in [6.07, 6.45) is 7.68. The number of aryl methyl sites for hydroxylation is 2. The number of carbonyl (C=O) groups is 2. The Morgan fingerprint density at radius 1 is 1.22 bits per heavy atom. The van der Waals surface area contributed by atoms with Gasteiger partial charge < -0.3 is 21.3 Å². The summed E-state index contributed by atoms with van der Waals surface area (Å²) in [5.41, 5.74) is 7.83. The van der Waals surface area contributed by atoms with Crippen LogP contribution in [-0.4, -0.2) is 60.0 Å². The lowest BCUT2D eigenvalue weighted by atomic mass is 9.88. The molecule has 0 unspecified atom stereocenters. The predicted molar refractivity (Wildman–Crippen MR) is 134 cm³/mol. The van der Waals surface area contributed by atoms with Crippen LogP contribution in [0.15, 0.2) is 24.7 Å². The van der Waals surface area contributed by atoms with Gasteiger partial charge in [0.05, 0.1) is 18.1 Å². The number of primary amides is 1. The van der Waals surface area contributed by atoms with Crippen LogP contribution in [0.1, 0.15) is 66.7 Å². The van der Waals surface area contributed by atoms with Gasteiger partial charge in [-0.1, -0.05) is 13.8 Å². The highest BCUT2D eigenvalue weighted by Crippen LogP contribution is 2.34. The lowest BCUT2D eigenvalue weighted by Crippen LogP contribution is -2.54. The van der Waals surface area contributed by atoms with Crippen molar-refractivity contribution in [3.63, 3.8) is 0 Å². The molecule has 36 heavy (non-hydrogen) atoms. The summed E-state index contributed by atoms with van der Waals surface area (Å²) >= 11 is 0. The number of piperidine rings is 1. The second kappa shape index (κ2) is 8.92. The van der Waals surface area contributed by atoms with Gasteiger partial charge in [0.1, 0.15) is 11.5 Å². The second-order valence-corrected chi connectivity index (χ2v) is 10.2. The Balaban J connectivity index is 1.34. The molecular weight excluding hydrogens is 460 g/mol. The molecule has 0 spiro atoms. The van der Waals surface area contributed by atoms with Crippen LogP contribution < -0.4 is 21.3 Å². The van der Waals surface area contributed by atoms with Gasteiger partial charge in [-0.3, -0.25) is 19.0 Å². The Kier molecular flexibility index (Phi) is 5.89. The maximum absolute atomic E-state index is 13.1. The first kappa shape index (κ1) is 23.8. The van der Waals surface area contributed by atoms with Crippen LogP contribution in [0.3, 0.4) is 0 Å². The van der Waals surface area contributed by atoms with Gasteiger partial charge in [0.25, 0.3) is 11.8 Å². The highest BCUT2D eigenvalue weighted by atomic mass is 16.2. The summed E-state index contributed by atoms with van der Waals surface area (Å²) in [4.78, 5) is 36.1. The number of nitrogens with one attached hydrogen (secondary N) is 2. The van der Waals surface area contributed by atoms with Crippen LogP contribution in [-0.2, 0) is 19.0 Å². The number of nitrogens with two attached hydrogens (primary N) is 1. The van der Waals surface area contributed by atoms with E-state index in [0.717, 1.165) is 38.0 Å². The van der Waals surface area contributed by atoms with Gasteiger partial charge in [0.2, 0.25) is 0 Å². The minimum Gasteiger partial charge on any atom is -0.364 e. The fourth-order valence-electron chi connectivity index (χ4n) is 5.07. The van der Waals surface area contributed by atoms with Crippen molar-refractivity contribution in [2.24, 2.45) is 12.8 Å². The number of anilines is 3. The minimum absolute atomic E-state index is 0.0256. The summed E-state index contributed by atoms with van der Waals surface area (Å²) in [5.74, 6) is 0.0231. The minimum atomic E-state index is -0.674. The van der Waals surface area contributed by atoms with Crippen LogP contribution in [0.2, 0.25) is 0 Å². The number of amides is 2. The van der Waals surface area contributed by atoms with Crippen LogP contribution >= 0.6 is 0 Å². The van der Waals surface area contributed by atoms with E-state index in [2.05, 4.69) is 56.5 Å². The summed E-state index contributed by atoms with van der Waals surface area (Å²) in [5, 5.41) is 15.0. The van der Waals surface area contributed by atoms with E-state index in [4.69, 9.17) is 5.73 Å². The Morgan fingerprint density at radius 2 is 2.03 bits per heavy atom. The van der Waals surface area contributed by atoms with Crippen molar-refractivity contribution in [3.05, 3.63) is 41.7 Å². The van der Waals surface area contributed by atoms with Crippen molar-refractivity contribution in [3.8, 4) is 0 Å². The average molecular weight is 493 g/mol. The zero-order chi connectivity index (χ0) is 25.6. The lowest BCUT2D eigenvalue weighted by molar-refractivity contribution is 0.0917. The fraction of sp³-hybridized carbons (Fsp3) is 0.500. The standard InChI is InChI=1S/C24H32N10O2/c1-14-16(29-23(36)17-10-18-24(2,3)7-9-34(18)31-17)6-5-8-33(14)19-12-26-20(21(25)35)22(30-19)28-15-11-27-32(4)13-15/h10-14,16H,5-9H2,1-4H3,(H2,25,35)(H,28,30)(H,29,36)/t14-,16-/m1/s1. The molecule has 0 aromatic carbocycles. The molecule has 5 rings (SSSR count). The molecule has 3 aromatic heterocycles. The highest BCUT2D eigenvalue weighted by Gasteiger charge is 2.35. The van der Waals surface area contributed by atoms with E-state index in [1.807, 2.05) is 10.7 Å². The van der Waals surface area contributed by atoms with Gasteiger partial charge in [-0.15, -0.1) is 0 Å². The van der Waals surface area contributed by atoms with Crippen LogP contribution in [0.25, 0.3) is 0 Å². The number of hydrogen-bond donors (Lipinski definition) is 3. The lowest BCUT2D eigenvalue weighted by Gasteiger charge is -2.40. The Bertz CT molecular complexity index is 1310. The zero-order valence-corrected chi connectivity index (χ0v) is 21.0. The van der Waals surface area contributed by atoms with Crippen molar-refractivity contribution in [1.29, 1.82) is 0 Å². The van der Waals surface area contributed by atoms with Crippen molar-refractivity contribution < 1.29 is 9.59 Å². The molecule has 190 valence electrons. The van der Waals surface area contributed by atoms with E-state index >= 15 is 0 Å². The summed E-state index contributed by atoms with van der Waals surface area (Å²) < 4.78 is 3.58. The second-order valence-electron chi connectivity index (χ2n) is 10.2. The topological polar surface area (TPSA) is 149 Å². The van der Waals surface area contributed by atoms with Crippen molar-refractivity contribution in [2.75, 3.05) is 16.8 Å². The third-order valence-electron chi connectivity index (χ3n) is 7.21. The maximum Gasteiger partial charge on any atom is 0.272 e. The Hall–Kier alpha value is -3.96. The molecule has 0 radical (unpaired) electrons. The summed E-state index contributed by atoms with van der Waals surface area (Å²) in [6.45, 7) is 7.99. The maximum atomic E-state index is 13.1. The quantitative estimate of drug-likeness (QED) is 0.471. The molecular formula is C24H32N10O2. The van der Waals surface area contributed by atoms with Gasteiger partial charge in [0.15, 0.2) is 11.5 Å². The first-order valence-electron chi connectivity index (χ1n) is 12.2. The van der Waals surface area contributed by atoms with Crippen molar-refractivity contribution >= 4 is 29.1 Å². The first-order valence-corrected chi connectivity index (χ1v) is 12.2. The SMILES string of the molecule is C[C@@H]1[C@H](NC(=O)c2cc3n(n2)CCC3(C)C)CCCN1c1cnc(C(N)=O)c(Nc2cnn(C)c2)n1. The van der Waals surface area contributed by atoms with E-state index in [9.17, 15) is 9.59 Å². The van der Waals surface area contributed by atoms with Crippen LogP contribution in [0.4, 0.5) is 17.3 Å². The van der Waals surface area contributed by atoms with E-state index in [0.29, 0.717) is 17.2 Å². The van der Waals surface area contributed by atoms with Gasteiger partial charge in [-0.2, -0.15) is 10.2 Å². The molecule has 2 amide bonds. The van der Waals surface area contributed by atoms with Gasteiger partial charge in [-0.05, 0) is 32.3 Å². The smallest absolute Gasteiger partial charge is 0.272 e. The van der Waals surface area contributed by atoms with Crippen molar-refractivity contribution in [1.82, 2.24) is 34.8 Å². The van der Waals surface area contributed by atoms with Gasteiger partial charge in [-0.25, -0.2) is 9.97 Å². The molecule has 2 aliphatic rings. The molecule has 2 atom stereocenters. The zero-order valence-electron chi connectivity index (χ0n) is 21.0. The summed E-state index contributed by atoms with van der Waals surface area (Å²) in [7, 11) is 1.80. The first-order chi connectivity index (χ1) is 17.1. The number of fused-ring (bicyclic) bond motifs is 1.